The minimum atomic E-state index is -0.512. The monoisotopic (exact) mass is 244 g/mol. The Labute approximate surface area is 106 Å². The SMILES string of the molecule is CC[C@@H](C(N)=O)n1cc(-c2ccccc2)cc1O. The van der Waals surface area contributed by atoms with Gasteiger partial charge in [0.2, 0.25) is 5.91 Å². The molecule has 2 rings (SSSR count). The van der Waals surface area contributed by atoms with Crippen molar-refractivity contribution in [3.05, 3.63) is 42.6 Å². The van der Waals surface area contributed by atoms with Gasteiger partial charge in [0.1, 0.15) is 6.04 Å². The fourth-order valence-electron chi connectivity index (χ4n) is 2.04. The first kappa shape index (κ1) is 12.2. The van der Waals surface area contributed by atoms with E-state index in [4.69, 9.17) is 5.73 Å². The smallest absolute Gasteiger partial charge is 0.240 e. The van der Waals surface area contributed by atoms with Crippen molar-refractivity contribution in [2.75, 3.05) is 0 Å². The van der Waals surface area contributed by atoms with Crippen molar-refractivity contribution < 1.29 is 9.90 Å². The van der Waals surface area contributed by atoms with Crippen molar-refractivity contribution in [2.45, 2.75) is 19.4 Å². The molecule has 1 amide bonds. The maximum absolute atomic E-state index is 11.3. The number of aromatic hydroxyl groups is 1. The van der Waals surface area contributed by atoms with Gasteiger partial charge in [-0.05, 0) is 12.0 Å². The van der Waals surface area contributed by atoms with E-state index >= 15 is 0 Å². The third kappa shape index (κ3) is 2.22. The predicted molar refractivity (Wildman–Crippen MR) is 70.1 cm³/mol. The third-order valence-electron chi connectivity index (χ3n) is 2.99. The van der Waals surface area contributed by atoms with E-state index in [0.29, 0.717) is 6.42 Å². The lowest BCUT2D eigenvalue weighted by molar-refractivity contribution is -0.121. The number of rotatable bonds is 4. The summed E-state index contributed by atoms with van der Waals surface area (Å²) in [5.74, 6) is -0.387. The van der Waals surface area contributed by atoms with Crippen LogP contribution in [0.25, 0.3) is 11.1 Å². The maximum atomic E-state index is 11.3. The first-order valence-electron chi connectivity index (χ1n) is 5.89. The molecule has 1 aromatic heterocycles. The molecule has 4 nitrogen and oxygen atoms in total. The summed E-state index contributed by atoms with van der Waals surface area (Å²) in [6.07, 6.45) is 2.30. The van der Waals surface area contributed by atoms with Gasteiger partial charge in [0, 0.05) is 17.8 Å². The van der Waals surface area contributed by atoms with Gasteiger partial charge in [-0.3, -0.25) is 4.79 Å². The Morgan fingerprint density at radius 2 is 2.00 bits per heavy atom. The van der Waals surface area contributed by atoms with E-state index in [2.05, 4.69) is 0 Å². The van der Waals surface area contributed by atoms with Crippen LogP contribution in [0.5, 0.6) is 5.88 Å². The summed E-state index contributed by atoms with van der Waals surface area (Å²) >= 11 is 0. The molecular formula is C14H16N2O2. The minimum Gasteiger partial charge on any atom is -0.494 e. The zero-order valence-electron chi connectivity index (χ0n) is 10.2. The highest BCUT2D eigenvalue weighted by atomic mass is 16.3. The number of carbonyl (C=O) groups excluding carboxylic acids is 1. The maximum Gasteiger partial charge on any atom is 0.240 e. The second-order valence-electron chi connectivity index (χ2n) is 4.19. The van der Waals surface area contributed by atoms with E-state index < -0.39 is 11.9 Å². The van der Waals surface area contributed by atoms with Gasteiger partial charge in [-0.15, -0.1) is 0 Å². The van der Waals surface area contributed by atoms with Gasteiger partial charge >= 0.3 is 0 Å². The number of aromatic nitrogens is 1. The van der Waals surface area contributed by atoms with Gasteiger partial charge in [-0.25, -0.2) is 0 Å². The molecule has 1 aromatic carbocycles. The first-order valence-corrected chi connectivity index (χ1v) is 5.89. The molecule has 0 aliphatic rings. The molecule has 18 heavy (non-hydrogen) atoms. The Morgan fingerprint density at radius 3 is 2.56 bits per heavy atom. The zero-order chi connectivity index (χ0) is 13.1. The highest BCUT2D eigenvalue weighted by Crippen LogP contribution is 2.29. The predicted octanol–water partition coefficient (Wildman–Crippen LogP) is 2.30. The number of hydrogen-bond acceptors (Lipinski definition) is 2. The topological polar surface area (TPSA) is 68.2 Å². The molecule has 0 spiro atoms. The van der Waals surface area contributed by atoms with Crippen LogP contribution in [0.4, 0.5) is 0 Å². The van der Waals surface area contributed by atoms with E-state index in [1.54, 1.807) is 12.3 Å². The van der Waals surface area contributed by atoms with E-state index in [0.717, 1.165) is 11.1 Å². The molecule has 0 unspecified atom stereocenters. The highest BCUT2D eigenvalue weighted by Gasteiger charge is 2.18. The largest absolute Gasteiger partial charge is 0.494 e. The molecule has 0 aliphatic carbocycles. The van der Waals surface area contributed by atoms with Crippen LogP contribution in [-0.2, 0) is 4.79 Å². The Balaban J connectivity index is 2.41. The summed E-state index contributed by atoms with van der Waals surface area (Å²) in [4.78, 5) is 11.3. The van der Waals surface area contributed by atoms with Crippen molar-refractivity contribution in [3.8, 4) is 17.0 Å². The molecule has 1 heterocycles. The fraction of sp³-hybridized carbons (Fsp3) is 0.214. The lowest BCUT2D eigenvalue weighted by atomic mass is 10.1. The fourth-order valence-corrected chi connectivity index (χ4v) is 2.04. The van der Waals surface area contributed by atoms with Crippen LogP contribution in [0.1, 0.15) is 19.4 Å². The number of hydrogen-bond donors (Lipinski definition) is 2. The number of carbonyl (C=O) groups is 1. The average molecular weight is 244 g/mol. The summed E-state index contributed by atoms with van der Waals surface area (Å²) in [5.41, 5.74) is 7.19. The Morgan fingerprint density at radius 1 is 1.33 bits per heavy atom. The van der Waals surface area contributed by atoms with Crippen LogP contribution in [0.2, 0.25) is 0 Å². The Kier molecular flexibility index (Phi) is 3.37. The highest BCUT2D eigenvalue weighted by molar-refractivity contribution is 5.79. The van der Waals surface area contributed by atoms with Crippen molar-refractivity contribution in [1.29, 1.82) is 0 Å². The lowest BCUT2D eigenvalue weighted by Gasteiger charge is -2.13. The second kappa shape index (κ2) is 4.96. The van der Waals surface area contributed by atoms with Crippen LogP contribution in [0.3, 0.4) is 0 Å². The van der Waals surface area contributed by atoms with E-state index in [1.807, 2.05) is 37.3 Å². The van der Waals surface area contributed by atoms with E-state index in [9.17, 15) is 9.90 Å². The van der Waals surface area contributed by atoms with Crippen LogP contribution in [0.15, 0.2) is 42.6 Å². The Hall–Kier alpha value is -2.23. The molecule has 0 saturated carbocycles. The third-order valence-corrected chi connectivity index (χ3v) is 2.99. The molecular weight excluding hydrogens is 228 g/mol. The summed E-state index contributed by atoms with van der Waals surface area (Å²) in [6.45, 7) is 1.86. The van der Waals surface area contributed by atoms with Gasteiger partial charge in [0.05, 0.1) is 0 Å². The number of nitrogens with two attached hydrogens (primary N) is 1. The van der Waals surface area contributed by atoms with Gasteiger partial charge in [-0.1, -0.05) is 37.3 Å². The normalized spacial score (nSPS) is 12.3. The zero-order valence-corrected chi connectivity index (χ0v) is 10.2. The molecule has 0 radical (unpaired) electrons. The summed E-state index contributed by atoms with van der Waals surface area (Å²) in [7, 11) is 0. The molecule has 1 atom stereocenters. The molecule has 0 aliphatic heterocycles. The van der Waals surface area contributed by atoms with Crippen molar-refractivity contribution in [3.63, 3.8) is 0 Å². The molecule has 4 heteroatoms. The van der Waals surface area contributed by atoms with E-state index in [1.165, 1.54) is 4.57 Å². The lowest BCUT2D eigenvalue weighted by Crippen LogP contribution is -2.25. The van der Waals surface area contributed by atoms with Crippen molar-refractivity contribution in [2.24, 2.45) is 5.73 Å². The summed E-state index contributed by atoms with van der Waals surface area (Å²) in [5, 5.41) is 9.90. The number of primary amides is 1. The van der Waals surface area contributed by atoms with Gasteiger partial charge in [0.15, 0.2) is 5.88 Å². The van der Waals surface area contributed by atoms with Gasteiger partial charge < -0.3 is 15.4 Å². The molecule has 3 N–H and O–H groups in total. The summed E-state index contributed by atoms with van der Waals surface area (Å²) < 4.78 is 1.52. The van der Waals surface area contributed by atoms with Crippen LogP contribution in [-0.4, -0.2) is 15.6 Å². The van der Waals surface area contributed by atoms with Crippen LogP contribution in [0, 0.1) is 0 Å². The Bertz CT molecular complexity index is 546. The second-order valence-corrected chi connectivity index (χ2v) is 4.19. The molecule has 0 fully saturated rings. The average Bonchev–Trinajstić information content (AvgIpc) is 2.73. The minimum absolute atomic E-state index is 0.0551. The van der Waals surface area contributed by atoms with Crippen molar-refractivity contribution in [1.82, 2.24) is 4.57 Å². The molecule has 94 valence electrons. The van der Waals surface area contributed by atoms with Crippen LogP contribution >= 0.6 is 0 Å². The number of nitrogens with zero attached hydrogens (tertiary/aromatic N) is 1. The standard InChI is InChI=1S/C14H16N2O2/c1-2-12(14(15)18)16-9-11(8-13(16)17)10-6-4-3-5-7-10/h3-9,12,17H,2H2,1H3,(H2,15,18)/t12-/m0/s1. The van der Waals surface area contributed by atoms with Gasteiger partial charge in [0.25, 0.3) is 0 Å². The number of benzene rings is 1. The van der Waals surface area contributed by atoms with Gasteiger partial charge in [-0.2, -0.15) is 0 Å². The van der Waals surface area contributed by atoms with E-state index in [-0.39, 0.29) is 5.88 Å². The quantitative estimate of drug-likeness (QED) is 0.866. The molecule has 0 bridgehead atoms. The number of amides is 1. The van der Waals surface area contributed by atoms with Crippen molar-refractivity contribution >= 4 is 5.91 Å². The summed E-state index contributed by atoms with van der Waals surface area (Å²) in [6, 6.07) is 10.8. The molecule has 2 aromatic rings. The first-order chi connectivity index (χ1) is 8.63. The molecule has 0 saturated heterocycles. The van der Waals surface area contributed by atoms with Crippen LogP contribution < -0.4 is 5.73 Å².